The van der Waals surface area contributed by atoms with Gasteiger partial charge in [-0.2, -0.15) is 0 Å². The van der Waals surface area contributed by atoms with Crippen LogP contribution in [0.1, 0.15) is 76.6 Å². The van der Waals surface area contributed by atoms with Gasteiger partial charge in [-0.25, -0.2) is 0 Å². The van der Waals surface area contributed by atoms with Crippen LogP contribution in [0.2, 0.25) is 0 Å². The topological polar surface area (TPSA) is 15.6 Å². The Morgan fingerprint density at radius 3 is 2.03 bits per heavy atom. The number of benzene rings is 2. The first-order chi connectivity index (χ1) is 14.4. The summed E-state index contributed by atoms with van der Waals surface area (Å²) in [5.41, 5.74) is 5.69. The molecule has 0 aliphatic carbocycles. The molecule has 0 N–H and O–H groups in total. The smallest absolute Gasteiger partial charge is 0.0545 e. The minimum absolute atomic E-state index is 0.136. The molecule has 1 unspecified atom stereocenters. The third-order valence-corrected chi connectivity index (χ3v) is 7.30. The van der Waals surface area contributed by atoms with Crippen LogP contribution in [-0.2, 0) is 17.4 Å². The van der Waals surface area contributed by atoms with Gasteiger partial charge >= 0.3 is 0 Å². The van der Waals surface area contributed by atoms with Crippen molar-refractivity contribution in [3.63, 3.8) is 0 Å². The van der Waals surface area contributed by atoms with Gasteiger partial charge in [0.25, 0.3) is 0 Å². The Labute approximate surface area is 216 Å². The van der Waals surface area contributed by atoms with Gasteiger partial charge in [0.15, 0.2) is 0 Å². The van der Waals surface area contributed by atoms with Crippen molar-refractivity contribution in [3.05, 3.63) is 65.8 Å². The fourth-order valence-corrected chi connectivity index (χ4v) is 6.19. The zero-order valence-corrected chi connectivity index (χ0v) is 24.1. The molecule has 3 rings (SSSR count). The van der Waals surface area contributed by atoms with Crippen LogP contribution in [-0.4, -0.2) is 30.2 Å². The lowest BCUT2D eigenvalue weighted by molar-refractivity contribution is 0.251. The molecule has 1 heterocycles. The monoisotopic (exact) mass is 642 g/mol. The van der Waals surface area contributed by atoms with E-state index in [2.05, 4.69) is 134 Å². The lowest BCUT2D eigenvalue weighted by Gasteiger charge is -2.26. The lowest BCUT2D eigenvalue weighted by atomic mass is 9.79. The van der Waals surface area contributed by atoms with Gasteiger partial charge in [0, 0.05) is 25.9 Å². The van der Waals surface area contributed by atoms with E-state index in [9.17, 15) is 0 Å². The zero-order chi connectivity index (χ0) is 22.8. The standard InChI is InChI=1S/C27H36I2N2/c1-26(2,3)21-10-19(11-22(14-21)27(4,5)6)16-30-17-25-8-7-9-31(25)18-20-12-23(28)15-24(29)13-20/h10-16,25H,7-9,17-18H2,1-6H3. The van der Waals surface area contributed by atoms with Gasteiger partial charge in [0.2, 0.25) is 0 Å². The number of likely N-dealkylation sites (tertiary alicyclic amines) is 1. The highest BCUT2D eigenvalue weighted by atomic mass is 127. The molecule has 0 spiro atoms. The molecular formula is C27H36I2N2. The normalized spacial score (nSPS) is 18.3. The van der Waals surface area contributed by atoms with Crippen LogP contribution in [0.4, 0.5) is 0 Å². The van der Waals surface area contributed by atoms with E-state index in [-0.39, 0.29) is 10.8 Å². The molecule has 2 nitrogen and oxygen atoms in total. The first-order valence-electron chi connectivity index (χ1n) is 11.3. The zero-order valence-electron chi connectivity index (χ0n) is 19.8. The first kappa shape index (κ1) is 25.2. The predicted molar refractivity (Wildman–Crippen MR) is 152 cm³/mol. The van der Waals surface area contributed by atoms with Crippen molar-refractivity contribution in [3.8, 4) is 0 Å². The molecule has 1 aliphatic heterocycles. The highest BCUT2D eigenvalue weighted by Crippen LogP contribution is 2.30. The molecule has 1 saturated heterocycles. The Morgan fingerprint density at radius 2 is 1.48 bits per heavy atom. The van der Waals surface area contributed by atoms with Crippen LogP contribution >= 0.6 is 45.2 Å². The summed E-state index contributed by atoms with van der Waals surface area (Å²) in [6, 6.07) is 14.4. The summed E-state index contributed by atoms with van der Waals surface area (Å²) in [5.74, 6) is 0. The fourth-order valence-electron chi connectivity index (χ4n) is 4.12. The molecule has 0 saturated carbocycles. The highest BCUT2D eigenvalue weighted by Gasteiger charge is 2.24. The Kier molecular flexibility index (Phi) is 8.28. The average molecular weight is 642 g/mol. The van der Waals surface area contributed by atoms with Crippen molar-refractivity contribution in [2.45, 2.75) is 77.8 Å². The molecule has 0 aromatic heterocycles. The third-order valence-electron chi connectivity index (χ3n) is 6.05. The molecular weight excluding hydrogens is 606 g/mol. The second-order valence-corrected chi connectivity index (χ2v) is 13.4. The molecule has 0 bridgehead atoms. The van der Waals surface area contributed by atoms with E-state index in [1.54, 1.807) is 0 Å². The average Bonchev–Trinajstić information content (AvgIpc) is 3.06. The number of aliphatic imine (C=N–C) groups is 1. The maximum atomic E-state index is 4.93. The van der Waals surface area contributed by atoms with E-state index < -0.39 is 0 Å². The molecule has 4 heteroatoms. The van der Waals surface area contributed by atoms with Gasteiger partial charge in [-0.3, -0.25) is 9.89 Å². The molecule has 2 aromatic carbocycles. The highest BCUT2D eigenvalue weighted by molar-refractivity contribution is 14.1. The number of halogens is 2. The third kappa shape index (κ3) is 7.26. The van der Waals surface area contributed by atoms with E-state index in [1.807, 2.05) is 0 Å². The predicted octanol–water partition coefficient (Wildman–Crippen LogP) is 7.57. The summed E-state index contributed by atoms with van der Waals surface area (Å²) in [6.45, 7) is 16.8. The van der Waals surface area contributed by atoms with Crippen LogP contribution in [0.5, 0.6) is 0 Å². The summed E-state index contributed by atoms with van der Waals surface area (Å²) in [7, 11) is 0. The van der Waals surface area contributed by atoms with Gasteiger partial charge < -0.3 is 0 Å². The molecule has 1 aliphatic rings. The van der Waals surface area contributed by atoms with E-state index in [0.717, 1.165) is 13.1 Å². The van der Waals surface area contributed by atoms with Crippen molar-refractivity contribution in [1.29, 1.82) is 0 Å². The number of hydrogen-bond donors (Lipinski definition) is 0. The van der Waals surface area contributed by atoms with Crippen molar-refractivity contribution in [2.24, 2.45) is 4.99 Å². The maximum absolute atomic E-state index is 4.93. The van der Waals surface area contributed by atoms with Crippen molar-refractivity contribution in [1.82, 2.24) is 4.90 Å². The summed E-state index contributed by atoms with van der Waals surface area (Å²) in [6.07, 6.45) is 4.62. The van der Waals surface area contributed by atoms with E-state index in [1.165, 1.54) is 48.8 Å². The minimum atomic E-state index is 0.136. The van der Waals surface area contributed by atoms with Crippen molar-refractivity contribution in [2.75, 3.05) is 13.1 Å². The molecule has 1 fully saturated rings. The van der Waals surface area contributed by atoms with Gasteiger partial charge in [-0.15, -0.1) is 0 Å². The Balaban J connectivity index is 1.73. The van der Waals surface area contributed by atoms with Crippen LogP contribution in [0, 0.1) is 7.14 Å². The van der Waals surface area contributed by atoms with Gasteiger partial charge in [-0.1, -0.05) is 47.6 Å². The Morgan fingerprint density at radius 1 is 0.903 bits per heavy atom. The minimum Gasteiger partial charge on any atom is -0.294 e. The van der Waals surface area contributed by atoms with E-state index >= 15 is 0 Å². The number of rotatable bonds is 5. The Bertz CT molecular complexity index is 883. The van der Waals surface area contributed by atoms with Crippen LogP contribution in [0.15, 0.2) is 41.4 Å². The Hall–Kier alpha value is -0.470. The largest absolute Gasteiger partial charge is 0.294 e. The summed E-state index contributed by atoms with van der Waals surface area (Å²) >= 11 is 4.84. The van der Waals surface area contributed by atoms with E-state index in [0.29, 0.717) is 6.04 Å². The summed E-state index contributed by atoms with van der Waals surface area (Å²) in [4.78, 5) is 7.54. The molecule has 0 amide bonds. The molecule has 168 valence electrons. The van der Waals surface area contributed by atoms with Gasteiger partial charge in [0.05, 0.1) is 6.54 Å². The number of hydrogen-bond acceptors (Lipinski definition) is 2. The van der Waals surface area contributed by atoms with Gasteiger partial charge in [-0.05, 0) is 128 Å². The summed E-state index contributed by atoms with van der Waals surface area (Å²) < 4.78 is 2.64. The molecule has 0 radical (unpaired) electrons. The summed E-state index contributed by atoms with van der Waals surface area (Å²) in [5, 5.41) is 0. The quantitative estimate of drug-likeness (QED) is 0.243. The molecule has 31 heavy (non-hydrogen) atoms. The van der Waals surface area contributed by atoms with Crippen LogP contribution in [0.3, 0.4) is 0 Å². The molecule has 1 atom stereocenters. The second kappa shape index (κ2) is 10.2. The number of nitrogens with zero attached hydrogens (tertiary/aromatic N) is 2. The SMILES string of the molecule is CC(C)(C)c1cc(C=NCC2CCCN2Cc2cc(I)cc(I)c2)cc(C(C)(C)C)c1. The van der Waals surface area contributed by atoms with Crippen LogP contribution < -0.4 is 0 Å². The van der Waals surface area contributed by atoms with Crippen LogP contribution in [0.25, 0.3) is 0 Å². The van der Waals surface area contributed by atoms with Gasteiger partial charge in [0.1, 0.15) is 0 Å². The second-order valence-electron chi connectivity index (χ2n) is 10.9. The maximum Gasteiger partial charge on any atom is 0.0545 e. The fraction of sp³-hybridized carbons (Fsp3) is 0.519. The van der Waals surface area contributed by atoms with E-state index in [4.69, 9.17) is 4.99 Å². The molecule has 2 aromatic rings. The van der Waals surface area contributed by atoms with Crippen molar-refractivity contribution >= 4 is 51.4 Å². The first-order valence-corrected chi connectivity index (χ1v) is 13.4. The van der Waals surface area contributed by atoms with Crippen molar-refractivity contribution < 1.29 is 0 Å². The lowest BCUT2D eigenvalue weighted by Crippen LogP contribution is -2.31.